The highest BCUT2D eigenvalue weighted by Gasteiger charge is 2.52. The molecule has 3 heterocycles. The molecule has 2 fully saturated rings. The van der Waals surface area contributed by atoms with Crippen LogP contribution in [0.15, 0.2) is 24.3 Å². The lowest BCUT2D eigenvalue weighted by Crippen LogP contribution is -2.63. The number of anilines is 1. The Bertz CT molecular complexity index is 946. The van der Waals surface area contributed by atoms with Crippen LogP contribution < -0.4 is 10.2 Å². The molecule has 1 amide bonds. The summed E-state index contributed by atoms with van der Waals surface area (Å²) in [6, 6.07) is 8.35. The van der Waals surface area contributed by atoms with E-state index >= 15 is 0 Å². The van der Waals surface area contributed by atoms with E-state index in [0.29, 0.717) is 6.54 Å². The van der Waals surface area contributed by atoms with Crippen molar-refractivity contribution < 1.29 is 10.6 Å². The van der Waals surface area contributed by atoms with Crippen LogP contribution in [0.2, 0.25) is 0 Å². The van der Waals surface area contributed by atoms with E-state index in [4.69, 9.17) is 4.98 Å². The number of hydrogen-bond donors (Lipinski definition) is 1. The van der Waals surface area contributed by atoms with Gasteiger partial charge in [0.2, 0.25) is 0 Å². The Morgan fingerprint density at radius 1 is 1.27 bits per heavy atom. The molecule has 0 radical (unpaired) electrons. The van der Waals surface area contributed by atoms with E-state index in [1.54, 1.807) is 0 Å². The largest absolute Gasteiger partial charge is 0.370 e. The van der Waals surface area contributed by atoms with Crippen molar-refractivity contribution in [2.24, 2.45) is 5.41 Å². The van der Waals surface area contributed by atoms with Crippen molar-refractivity contribution in [3.63, 3.8) is 0 Å². The van der Waals surface area contributed by atoms with Gasteiger partial charge in [0, 0.05) is 45.3 Å². The van der Waals surface area contributed by atoms with Crippen molar-refractivity contribution in [2.75, 3.05) is 31.6 Å². The predicted molar refractivity (Wildman–Crippen MR) is 116 cm³/mol. The van der Waals surface area contributed by atoms with E-state index in [1.165, 1.54) is 5.69 Å². The van der Waals surface area contributed by atoms with Crippen LogP contribution in [0.4, 0.5) is 10.1 Å². The number of hydrogen-bond acceptors (Lipinski definition) is 4. The number of alkyl halides is 1. The Balaban J connectivity index is 0.00000231. The molecule has 0 bridgehead atoms. The second-order valence-corrected chi connectivity index (χ2v) is 9.28. The fraction of sp³-hybridized carbons (Fsp3) is 0.565. The van der Waals surface area contributed by atoms with Gasteiger partial charge in [-0.3, -0.25) is 9.69 Å². The van der Waals surface area contributed by atoms with Crippen molar-refractivity contribution in [3.05, 3.63) is 47.0 Å². The maximum atomic E-state index is 13.2. The fourth-order valence-electron chi connectivity index (χ4n) is 5.18. The summed E-state index contributed by atoms with van der Waals surface area (Å²) in [7, 11) is 2.08. The van der Waals surface area contributed by atoms with E-state index < -0.39 is 6.17 Å². The lowest BCUT2D eigenvalue weighted by Gasteiger charge is -2.58. The van der Waals surface area contributed by atoms with Gasteiger partial charge in [0.05, 0.1) is 12.2 Å². The van der Waals surface area contributed by atoms with Crippen molar-refractivity contribution >= 4 is 11.6 Å². The third kappa shape index (κ3) is 3.39. The molecule has 7 heteroatoms. The van der Waals surface area contributed by atoms with Crippen LogP contribution in [-0.4, -0.2) is 53.2 Å². The lowest BCUT2D eigenvalue weighted by molar-refractivity contribution is 0.000855. The van der Waals surface area contributed by atoms with E-state index in [1.807, 2.05) is 6.92 Å². The Labute approximate surface area is 178 Å². The number of aryl methyl sites for hydroxylation is 1. The van der Waals surface area contributed by atoms with Crippen molar-refractivity contribution in [1.82, 2.24) is 19.8 Å². The van der Waals surface area contributed by atoms with Gasteiger partial charge in [-0.25, -0.2) is 9.37 Å². The number of carbonyl (C=O) groups excluding carboxylic acids is 1. The summed E-state index contributed by atoms with van der Waals surface area (Å²) in [6.45, 7) is 6.98. The Kier molecular flexibility index (Phi) is 4.81. The molecule has 3 aliphatic rings. The predicted octanol–water partition coefficient (Wildman–Crippen LogP) is 3.01. The van der Waals surface area contributed by atoms with Crippen LogP contribution in [-0.2, 0) is 26.1 Å². The second-order valence-electron chi connectivity index (χ2n) is 9.28. The van der Waals surface area contributed by atoms with E-state index in [0.717, 1.165) is 74.8 Å². The van der Waals surface area contributed by atoms with Gasteiger partial charge in [0.25, 0.3) is 5.91 Å². The number of likely N-dealkylation sites (N-methyl/N-ethyl adjacent to an activating group) is 1. The Hall–Kier alpha value is -2.41. The molecule has 2 aromatic rings. The van der Waals surface area contributed by atoms with E-state index in [-0.39, 0.29) is 12.7 Å². The van der Waals surface area contributed by atoms with Gasteiger partial charge in [-0.1, -0.05) is 19.1 Å². The number of aromatic nitrogens is 2. The molecule has 30 heavy (non-hydrogen) atoms. The smallest absolute Gasteiger partial charge is 0.270 e. The molecule has 0 unspecified atom stereocenters. The lowest BCUT2D eigenvalue weighted by atomic mass is 9.62. The summed E-state index contributed by atoms with van der Waals surface area (Å²) in [5.41, 5.74) is 4.09. The molecule has 1 aromatic heterocycles. The zero-order valence-electron chi connectivity index (χ0n) is 17.8. The van der Waals surface area contributed by atoms with Crippen LogP contribution in [0.3, 0.4) is 0 Å². The zero-order valence-corrected chi connectivity index (χ0v) is 17.8. The van der Waals surface area contributed by atoms with Gasteiger partial charge in [0.15, 0.2) is 0 Å². The minimum atomic E-state index is -0.589. The summed E-state index contributed by atoms with van der Waals surface area (Å²) in [4.78, 5) is 22.2. The van der Waals surface area contributed by atoms with Crippen LogP contribution in [0.25, 0.3) is 0 Å². The molecule has 2 aliphatic heterocycles. The molecule has 1 N–H and O–H groups in total. The average molecular weight is 414 g/mol. The van der Waals surface area contributed by atoms with E-state index in [9.17, 15) is 9.18 Å². The molecule has 0 atom stereocenters. The molecule has 1 saturated carbocycles. The highest BCUT2D eigenvalue weighted by molar-refractivity contribution is 5.94. The quantitative estimate of drug-likeness (QED) is 0.819. The molecular weight excluding hydrogens is 381 g/mol. The number of rotatable bonds is 5. The van der Waals surface area contributed by atoms with Crippen LogP contribution in [0, 0.1) is 5.41 Å². The number of halogens is 1. The molecule has 1 spiro atoms. The number of amides is 1. The molecular formula is C23H32FN5O. The summed E-state index contributed by atoms with van der Waals surface area (Å²) >= 11 is 0. The molecule has 1 saturated heterocycles. The monoisotopic (exact) mass is 413 g/mol. The van der Waals surface area contributed by atoms with Gasteiger partial charge < -0.3 is 14.8 Å². The topological polar surface area (TPSA) is 53.4 Å². The number of imidazole rings is 1. The van der Waals surface area contributed by atoms with Crippen LogP contribution in [0.5, 0.6) is 0 Å². The van der Waals surface area contributed by atoms with Crippen LogP contribution >= 0.6 is 0 Å². The average Bonchev–Trinajstić information content (AvgIpc) is 3.06. The third-order valence-electron chi connectivity index (χ3n) is 6.90. The summed E-state index contributed by atoms with van der Waals surface area (Å²) < 4.78 is 15.2. The third-order valence-corrected chi connectivity index (χ3v) is 6.90. The van der Waals surface area contributed by atoms with Gasteiger partial charge in [0.1, 0.15) is 17.7 Å². The molecule has 162 valence electrons. The first-order valence-corrected chi connectivity index (χ1v) is 11.0. The van der Waals surface area contributed by atoms with Gasteiger partial charge in [-0.05, 0) is 44.0 Å². The summed E-state index contributed by atoms with van der Waals surface area (Å²) in [5, 5.41) is 3.08. The maximum Gasteiger partial charge on any atom is 0.270 e. The first kappa shape index (κ1) is 19.5. The molecule has 6 nitrogen and oxygen atoms in total. The zero-order chi connectivity index (χ0) is 20.9. The van der Waals surface area contributed by atoms with Gasteiger partial charge in [-0.2, -0.15) is 0 Å². The number of carbonyl (C=O) groups is 1. The highest BCUT2D eigenvalue weighted by Crippen LogP contribution is 2.50. The van der Waals surface area contributed by atoms with Gasteiger partial charge in [-0.15, -0.1) is 0 Å². The second kappa shape index (κ2) is 7.38. The normalized spacial score (nSPS) is 20.6. The Morgan fingerprint density at radius 3 is 2.67 bits per heavy atom. The number of benzene rings is 1. The maximum absolute atomic E-state index is 13.2. The van der Waals surface area contributed by atoms with Crippen molar-refractivity contribution in [2.45, 2.75) is 52.0 Å². The van der Waals surface area contributed by atoms with Crippen molar-refractivity contribution in [1.29, 1.82) is 0 Å². The van der Waals surface area contributed by atoms with Crippen LogP contribution in [0.1, 0.15) is 48.8 Å². The highest BCUT2D eigenvalue weighted by atomic mass is 19.1. The van der Waals surface area contributed by atoms with Gasteiger partial charge >= 0.3 is 0 Å². The molecule has 5 rings (SSSR count). The SMILES string of the molecule is CCc1nc2n(c1C(=O)NCc1ccc(N3CC4(CC(F)C4)C3)cc1)CCN(C)C2.[HH]. The standard InChI is InChI=1S/C23H30FN5O.H2/c1-3-19-21(29-9-8-27(2)13-20(29)26-19)22(30)25-12-16-4-6-18(7-5-16)28-14-23(15-28)10-17(24)11-23;/h4-7,17H,3,8-15H2,1-2H3,(H,25,30);1H. The summed E-state index contributed by atoms with van der Waals surface area (Å²) in [5.74, 6) is 0.933. The number of nitrogens with one attached hydrogen (secondary N) is 1. The summed E-state index contributed by atoms with van der Waals surface area (Å²) in [6.07, 6.45) is 1.61. The first-order chi connectivity index (χ1) is 14.5. The number of fused-ring (bicyclic) bond motifs is 1. The molecule has 1 aliphatic carbocycles. The van der Waals surface area contributed by atoms with Crippen molar-refractivity contribution in [3.8, 4) is 0 Å². The molecule has 1 aromatic carbocycles. The fourth-order valence-corrected chi connectivity index (χ4v) is 5.18. The van der Waals surface area contributed by atoms with E-state index in [2.05, 4.69) is 51.0 Å². The minimum absolute atomic E-state index is 0. The Morgan fingerprint density at radius 2 is 2.00 bits per heavy atom. The minimum Gasteiger partial charge on any atom is -0.370 e. The number of nitrogens with zero attached hydrogens (tertiary/aromatic N) is 4. The first-order valence-electron chi connectivity index (χ1n) is 11.0.